The Morgan fingerprint density at radius 3 is 2.95 bits per heavy atom. The normalized spacial score (nSPS) is 17.2. The molecule has 0 unspecified atom stereocenters. The molecule has 1 saturated heterocycles. The minimum Gasteiger partial charge on any atom is -0.382 e. The maximum atomic E-state index is 5.38. The number of anilines is 1. The van der Waals surface area contributed by atoms with Crippen molar-refractivity contribution in [2.24, 2.45) is 5.92 Å². The summed E-state index contributed by atoms with van der Waals surface area (Å²) in [6.45, 7) is 8.14. The quantitative estimate of drug-likeness (QED) is 0.710. The van der Waals surface area contributed by atoms with E-state index in [1.807, 2.05) is 19.3 Å². The first-order chi connectivity index (χ1) is 10.3. The molecule has 0 spiro atoms. The van der Waals surface area contributed by atoms with E-state index in [0.29, 0.717) is 0 Å². The average molecular weight is 294 g/mol. The fourth-order valence-electron chi connectivity index (χ4n) is 2.88. The first-order valence-electron chi connectivity index (χ1n) is 8.31. The highest BCUT2D eigenvalue weighted by Crippen LogP contribution is 2.19. The summed E-state index contributed by atoms with van der Waals surface area (Å²) < 4.78 is 7.57. The second-order valence-electron chi connectivity index (χ2n) is 5.96. The summed E-state index contributed by atoms with van der Waals surface area (Å²) in [5, 5.41) is 3.49. The second-order valence-corrected chi connectivity index (χ2v) is 5.96. The third-order valence-electron chi connectivity index (χ3n) is 4.28. The molecule has 0 aliphatic carbocycles. The fraction of sp³-hybridized carbons (Fsp3) is 0.812. The minimum absolute atomic E-state index is 0.797. The van der Waals surface area contributed by atoms with Gasteiger partial charge in [-0.15, -0.1) is 0 Å². The summed E-state index contributed by atoms with van der Waals surface area (Å²) in [5.74, 6) is 1.87. The zero-order chi connectivity index (χ0) is 14.9. The molecule has 0 radical (unpaired) electrons. The SMILES string of the molecule is CCOCCCn1ccnc1NCCC1CCN(C)CC1. The Bertz CT molecular complexity index is 385. The molecule has 0 aromatic carbocycles. The number of nitrogens with zero attached hydrogens (tertiary/aromatic N) is 3. The molecular formula is C16H30N4O. The number of piperidine rings is 1. The van der Waals surface area contributed by atoms with Crippen LogP contribution < -0.4 is 5.32 Å². The molecule has 1 fully saturated rings. The van der Waals surface area contributed by atoms with E-state index in [4.69, 9.17) is 4.74 Å². The van der Waals surface area contributed by atoms with Gasteiger partial charge in [-0.05, 0) is 58.7 Å². The molecule has 0 amide bonds. The van der Waals surface area contributed by atoms with E-state index >= 15 is 0 Å². The lowest BCUT2D eigenvalue weighted by atomic mass is 9.94. The van der Waals surface area contributed by atoms with E-state index in [9.17, 15) is 0 Å². The average Bonchev–Trinajstić information content (AvgIpc) is 2.93. The van der Waals surface area contributed by atoms with Crippen molar-refractivity contribution in [2.45, 2.75) is 39.2 Å². The zero-order valence-corrected chi connectivity index (χ0v) is 13.6. The Hall–Kier alpha value is -1.07. The van der Waals surface area contributed by atoms with E-state index in [2.05, 4.69) is 26.8 Å². The molecule has 1 aliphatic heterocycles. The largest absolute Gasteiger partial charge is 0.382 e. The second kappa shape index (κ2) is 9.05. The van der Waals surface area contributed by atoms with Crippen molar-refractivity contribution >= 4 is 5.95 Å². The lowest BCUT2D eigenvalue weighted by Crippen LogP contribution is -2.31. The molecule has 0 atom stereocenters. The van der Waals surface area contributed by atoms with Gasteiger partial charge in [0.2, 0.25) is 5.95 Å². The number of hydrogen-bond donors (Lipinski definition) is 1. The van der Waals surface area contributed by atoms with Crippen LogP contribution >= 0.6 is 0 Å². The molecule has 5 heteroatoms. The van der Waals surface area contributed by atoms with Crippen LogP contribution in [-0.4, -0.2) is 54.3 Å². The third-order valence-corrected chi connectivity index (χ3v) is 4.28. The Kier molecular flexibility index (Phi) is 7.03. The third kappa shape index (κ3) is 5.67. The molecule has 1 N–H and O–H groups in total. The summed E-state index contributed by atoms with van der Waals surface area (Å²) in [6, 6.07) is 0. The Morgan fingerprint density at radius 2 is 2.19 bits per heavy atom. The highest BCUT2D eigenvalue weighted by molar-refractivity contribution is 5.25. The van der Waals surface area contributed by atoms with Gasteiger partial charge in [0.1, 0.15) is 0 Å². The van der Waals surface area contributed by atoms with Crippen molar-refractivity contribution in [1.29, 1.82) is 0 Å². The lowest BCUT2D eigenvalue weighted by molar-refractivity contribution is 0.142. The summed E-state index contributed by atoms with van der Waals surface area (Å²) >= 11 is 0. The van der Waals surface area contributed by atoms with Gasteiger partial charge < -0.3 is 19.5 Å². The molecule has 1 aromatic heterocycles. The number of nitrogens with one attached hydrogen (secondary N) is 1. The lowest BCUT2D eigenvalue weighted by Gasteiger charge is -2.28. The summed E-state index contributed by atoms with van der Waals surface area (Å²) in [6.07, 6.45) is 8.87. The van der Waals surface area contributed by atoms with Crippen LogP contribution in [0.4, 0.5) is 5.95 Å². The Labute approximate surface area is 128 Å². The van der Waals surface area contributed by atoms with Crippen LogP contribution in [0.15, 0.2) is 12.4 Å². The smallest absolute Gasteiger partial charge is 0.202 e. The number of aromatic nitrogens is 2. The number of aryl methyl sites for hydroxylation is 1. The van der Waals surface area contributed by atoms with E-state index in [-0.39, 0.29) is 0 Å². The predicted octanol–water partition coefficient (Wildman–Crippen LogP) is 2.45. The van der Waals surface area contributed by atoms with Crippen molar-refractivity contribution in [2.75, 3.05) is 45.2 Å². The van der Waals surface area contributed by atoms with Gasteiger partial charge >= 0.3 is 0 Å². The topological polar surface area (TPSA) is 42.3 Å². The van der Waals surface area contributed by atoms with Crippen LogP contribution in [0, 0.1) is 5.92 Å². The number of ether oxygens (including phenoxy) is 1. The van der Waals surface area contributed by atoms with Crippen LogP contribution in [0.2, 0.25) is 0 Å². The molecule has 120 valence electrons. The molecule has 1 aromatic rings. The van der Waals surface area contributed by atoms with Gasteiger partial charge in [0, 0.05) is 38.7 Å². The number of hydrogen-bond acceptors (Lipinski definition) is 4. The van der Waals surface area contributed by atoms with Crippen LogP contribution in [0.3, 0.4) is 0 Å². The molecule has 21 heavy (non-hydrogen) atoms. The summed E-state index contributed by atoms with van der Waals surface area (Å²) in [7, 11) is 2.22. The number of likely N-dealkylation sites (tertiary alicyclic amines) is 1. The predicted molar refractivity (Wildman–Crippen MR) is 86.7 cm³/mol. The monoisotopic (exact) mass is 294 g/mol. The standard InChI is InChI=1S/C16H30N4O/c1-3-21-14-4-10-20-13-9-18-16(20)17-8-5-15-6-11-19(2)12-7-15/h9,13,15H,3-8,10-12,14H2,1-2H3,(H,17,18). The minimum atomic E-state index is 0.797. The van der Waals surface area contributed by atoms with Gasteiger partial charge in [-0.1, -0.05) is 0 Å². The molecule has 1 aliphatic rings. The van der Waals surface area contributed by atoms with Gasteiger partial charge in [0.25, 0.3) is 0 Å². The fourth-order valence-corrected chi connectivity index (χ4v) is 2.88. The number of rotatable bonds is 9. The number of imidazole rings is 1. The van der Waals surface area contributed by atoms with Gasteiger partial charge in [0.05, 0.1) is 0 Å². The van der Waals surface area contributed by atoms with Crippen LogP contribution in [0.1, 0.15) is 32.6 Å². The van der Waals surface area contributed by atoms with E-state index < -0.39 is 0 Å². The van der Waals surface area contributed by atoms with E-state index in [0.717, 1.165) is 44.6 Å². The zero-order valence-electron chi connectivity index (χ0n) is 13.6. The highest BCUT2D eigenvalue weighted by Gasteiger charge is 2.16. The maximum Gasteiger partial charge on any atom is 0.202 e. The van der Waals surface area contributed by atoms with Crippen molar-refractivity contribution in [3.63, 3.8) is 0 Å². The van der Waals surface area contributed by atoms with Crippen LogP contribution in [0.5, 0.6) is 0 Å². The Balaban J connectivity index is 1.65. The first kappa shape index (κ1) is 16.3. The van der Waals surface area contributed by atoms with Gasteiger partial charge in [-0.25, -0.2) is 4.98 Å². The molecule has 2 heterocycles. The van der Waals surface area contributed by atoms with Gasteiger partial charge in [-0.3, -0.25) is 0 Å². The molecule has 0 saturated carbocycles. The molecule has 2 rings (SSSR count). The molecular weight excluding hydrogens is 264 g/mol. The van der Waals surface area contributed by atoms with Crippen molar-refractivity contribution < 1.29 is 4.74 Å². The highest BCUT2D eigenvalue weighted by atomic mass is 16.5. The van der Waals surface area contributed by atoms with Crippen molar-refractivity contribution in [3.05, 3.63) is 12.4 Å². The molecule has 5 nitrogen and oxygen atoms in total. The maximum absolute atomic E-state index is 5.38. The van der Waals surface area contributed by atoms with Gasteiger partial charge in [-0.2, -0.15) is 0 Å². The van der Waals surface area contributed by atoms with Crippen LogP contribution in [0.25, 0.3) is 0 Å². The molecule has 0 bridgehead atoms. The van der Waals surface area contributed by atoms with E-state index in [1.54, 1.807) is 0 Å². The van der Waals surface area contributed by atoms with Crippen molar-refractivity contribution in [3.8, 4) is 0 Å². The van der Waals surface area contributed by atoms with E-state index in [1.165, 1.54) is 32.4 Å². The summed E-state index contributed by atoms with van der Waals surface area (Å²) in [5.41, 5.74) is 0. The van der Waals surface area contributed by atoms with Crippen LogP contribution in [-0.2, 0) is 11.3 Å². The van der Waals surface area contributed by atoms with Gasteiger partial charge in [0.15, 0.2) is 0 Å². The first-order valence-corrected chi connectivity index (χ1v) is 8.31. The van der Waals surface area contributed by atoms with Crippen molar-refractivity contribution in [1.82, 2.24) is 14.5 Å². The Morgan fingerprint density at radius 1 is 1.38 bits per heavy atom. The summed E-state index contributed by atoms with van der Waals surface area (Å²) in [4.78, 5) is 6.84.